The highest BCUT2D eigenvalue weighted by molar-refractivity contribution is 6.22. The second-order valence-electron chi connectivity index (χ2n) is 39.4. The molecule has 12 aromatic heterocycles. The summed E-state index contributed by atoms with van der Waals surface area (Å²) in [6, 6.07) is 116. The van der Waals surface area contributed by atoms with Crippen LogP contribution in [0.25, 0.3) is 242 Å². The standard InChI is InChI=1S/4C32H19N3/c1-2-6-22-18(5-1)11-19-14-24-20(13-23(19)22)12-21-15-27-26(16-25(21)24)28-17-33-10-9-30(28)35-31-8-4-3-7-29(31)34-32(27)35;1-2-6-21-18(5-1)13-19-14-20-15-26-22(25(20)16-24(19)21)9-10-23-27-17-33-12-11-29(27)35-30-8-4-3-7-28(30)34-32(35)31(23)26;1-2-6-21-18(5-1)13-19-9-10-22-23-16-24-26(15-20(23)14-25(22)31(19)21)32-34-28-7-3-4-8-30(28)35(32)29-11-12-33-17-27(24)29;1-2-6-21-18(5-1)15-19-9-10-20-16-24-22(30(20)29(19)21)11-12-23-25-17-33-14-13-27(25)35-28-8-4-3-7-26(28)34-32(35)31(23)24/h1-10,13-17H,11-12H2;1-12,14,16-17H,13,15H2;1-12,15-17H,13-14H2;1-14,17H,15-16H2. The molecule has 0 N–H and O–H groups in total. The molecule has 12 heteroatoms. The number of aromatic nitrogens is 12. The van der Waals surface area contributed by atoms with E-state index in [1.165, 1.54) is 243 Å². The summed E-state index contributed by atoms with van der Waals surface area (Å²) in [6.07, 6.45) is 23.5. The number of imidazole rings is 4. The van der Waals surface area contributed by atoms with Crippen molar-refractivity contribution < 1.29 is 0 Å². The van der Waals surface area contributed by atoms with Gasteiger partial charge in [-0.05, 0) is 366 Å². The quantitative estimate of drug-likeness (QED) is 0.138. The van der Waals surface area contributed by atoms with Crippen LogP contribution in [0.15, 0.2) is 365 Å². The van der Waals surface area contributed by atoms with Crippen LogP contribution in [0.5, 0.6) is 0 Å². The fourth-order valence-corrected chi connectivity index (χ4v) is 26.4. The van der Waals surface area contributed by atoms with E-state index in [-0.39, 0.29) is 0 Å². The fraction of sp³-hybridized carbons (Fsp3) is 0.0625. The van der Waals surface area contributed by atoms with E-state index in [0.717, 1.165) is 140 Å². The van der Waals surface area contributed by atoms with Crippen LogP contribution >= 0.6 is 0 Å². The third kappa shape index (κ3) is 10.3. The van der Waals surface area contributed by atoms with E-state index < -0.39 is 0 Å². The average Bonchev–Trinajstić information content (AvgIpc) is 1.55. The Morgan fingerprint density at radius 2 is 0.471 bits per heavy atom. The molecule has 0 atom stereocenters. The molecule has 36 rings (SSSR count). The largest absolute Gasteiger partial charge is 0.292 e. The molecule has 0 radical (unpaired) electrons. The van der Waals surface area contributed by atoms with Gasteiger partial charge in [-0.1, -0.05) is 200 Å². The minimum absolute atomic E-state index is 0.933. The van der Waals surface area contributed by atoms with Crippen LogP contribution in [0, 0.1) is 0 Å². The topological polar surface area (TPSA) is 121 Å². The van der Waals surface area contributed by atoms with E-state index in [9.17, 15) is 0 Å². The van der Waals surface area contributed by atoms with Crippen molar-refractivity contribution in [3.05, 3.63) is 454 Å². The molecule has 0 fully saturated rings. The van der Waals surface area contributed by atoms with E-state index >= 15 is 0 Å². The maximum absolute atomic E-state index is 5.18. The van der Waals surface area contributed by atoms with Crippen molar-refractivity contribution >= 4 is 153 Å². The minimum Gasteiger partial charge on any atom is -0.292 e. The summed E-state index contributed by atoms with van der Waals surface area (Å²) in [4.78, 5) is 38.6. The molecule has 0 amide bonds. The second kappa shape index (κ2) is 27.9. The van der Waals surface area contributed by atoms with Crippen molar-refractivity contribution in [2.24, 2.45) is 0 Å². The van der Waals surface area contributed by atoms with Crippen LogP contribution in [0.3, 0.4) is 0 Å². The summed E-state index contributed by atoms with van der Waals surface area (Å²) in [5.41, 5.74) is 62.5. The number of nitrogens with zero attached hydrogens (tertiary/aromatic N) is 12. The molecule has 0 spiro atoms. The van der Waals surface area contributed by atoms with Gasteiger partial charge in [-0.2, -0.15) is 0 Å². The molecule has 28 aromatic rings. The molecule has 140 heavy (non-hydrogen) atoms. The van der Waals surface area contributed by atoms with Crippen LogP contribution in [0.4, 0.5) is 0 Å². The fourth-order valence-electron chi connectivity index (χ4n) is 26.4. The Bertz CT molecular complexity index is 10700. The Balaban J connectivity index is 0.0000000829. The van der Waals surface area contributed by atoms with Gasteiger partial charge in [0.15, 0.2) is 0 Å². The van der Waals surface area contributed by atoms with Crippen LogP contribution in [-0.2, 0) is 51.4 Å². The number of benzene rings is 16. The van der Waals surface area contributed by atoms with Gasteiger partial charge in [0.25, 0.3) is 0 Å². The highest BCUT2D eigenvalue weighted by atomic mass is 15.0. The van der Waals surface area contributed by atoms with Gasteiger partial charge >= 0.3 is 0 Å². The molecular weight excluding hydrogens is 1710 g/mol. The lowest BCUT2D eigenvalue weighted by atomic mass is 9.92. The molecule has 0 unspecified atom stereocenters. The summed E-state index contributed by atoms with van der Waals surface area (Å²) >= 11 is 0. The van der Waals surface area contributed by atoms with E-state index in [4.69, 9.17) is 19.9 Å². The van der Waals surface area contributed by atoms with Crippen molar-refractivity contribution in [3.63, 3.8) is 0 Å². The summed E-state index contributed by atoms with van der Waals surface area (Å²) in [5.74, 6) is 0. The Kier molecular flexibility index (Phi) is 15.0. The number of rotatable bonds is 0. The van der Waals surface area contributed by atoms with Crippen molar-refractivity contribution in [2.75, 3.05) is 0 Å². The zero-order chi connectivity index (χ0) is 90.7. The maximum Gasteiger partial charge on any atom is 0.146 e. The number of fused-ring (bicyclic) bond motifs is 60. The van der Waals surface area contributed by atoms with Gasteiger partial charge in [-0.3, -0.25) is 37.5 Å². The average molecular weight is 1780 g/mol. The Hall–Kier alpha value is -18.0. The molecule has 8 aliphatic rings. The first-order valence-electron chi connectivity index (χ1n) is 48.7. The first kappa shape index (κ1) is 75.3. The first-order valence-corrected chi connectivity index (χ1v) is 48.7. The van der Waals surface area contributed by atoms with Crippen molar-refractivity contribution in [1.82, 2.24) is 57.5 Å². The van der Waals surface area contributed by atoms with Crippen LogP contribution in [0.2, 0.25) is 0 Å². The lowest BCUT2D eigenvalue weighted by Crippen LogP contribution is -1.95. The molecule has 0 aliphatic heterocycles. The van der Waals surface area contributed by atoms with Gasteiger partial charge in [0.05, 0.1) is 66.2 Å². The number of hydrogen-bond donors (Lipinski definition) is 0. The van der Waals surface area contributed by atoms with Gasteiger partial charge in [0.1, 0.15) is 22.6 Å². The molecule has 12 nitrogen and oxygen atoms in total. The molecule has 0 saturated heterocycles. The number of pyridine rings is 8. The normalized spacial score (nSPS) is 13.5. The maximum atomic E-state index is 5.18. The van der Waals surface area contributed by atoms with E-state index in [2.05, 4.69) is 353 Å². The van der Waals surface area contributed by atoms with Crippen LogP contribution in [0.1, 0.15) is 89.0 Å². The van der Waals surface area contributed by atoms with E-state index in [1.54, 1.807) is 0 Å². The molecule has 0 saturated carbocycles. The zero-order valence-corrected chi connectivity index (χ0v) is 75.7. The van der Waals surface area contributed by atoms with E-state index in [0.29, 0.717) is 0 Å². The van der Waals surface area contributed by atoms with Crippen molar-refractivity contribution in [1.29, 1.82) is 0 Å². The van der Waals surface area contributed by atoms with Gasteiger partial charge in [-0.15, -0.1) is 0 Å². The smallest absolute Gasteiger partial charge is 0.146 e. The summed E-state index contributed by atoms with van der Waals surface area (Å²) in [6.45, 7) is 0. The lowest BCUT2D eigenvalue weighted by molar-refractivity contribution is 1.22. The van der Waals surface area contributed by atoms with Crippen LogP contribution in [-0.4, -0.2) is 57.5 Å². The van der Waals surface area contributed by atoms with Gasteiger partial charge in [0, 0.05) is 92.7 Å². The van der Waals surface area contributed by atoms with Gasteiger partial charge in [-0.25, -0.2) is 19.9 Å². The number of para-hydroxylation sites is 8. The van der Waals surface area contributed by atoms with Gasteiger partial charge < -0.3 is 0 Å². The summed E-state index contributed by atoms with van der Waals surface area (Å²) in [5, 5.41) is 14.5. The predicted molar refractivity (Wildman–Crippen MR) is 568 cm³/mol. The highest BCUT2D eigenvalue weighted by Gasteiger charge is 2.36. The minimum atomic E-state index is 0.933. The molecular formula is C128H76N12. The molecule has 8 aliphatic carbocycles. The molecule has 16 aromatic carbocycles. The van der Waals surface area contributed by atoms with Crippen molar-refractivity contribution in [3.8, 4) is 89.0 Å². The third-order valence-electron chi connectivity index (χ3n) is 32.4. The second-order valence-corrected chi connectivity index (χ2v) is 39.4. The first-order chi connectivity index (χ1) is 69.4. The third-order valence-corrected chi connectivity index (χ3v) is 32.4. The predicted octanol–water partition coefficient (Wildman–Crippen LogP) is 29.3. The zero-order valence-electron chi connectivity index (χ0n) is 75.7. The van der Waals surface area contributed by atoms with E-state index in [1.807, 2.05) is 49.6 Å². The Morgan fingerprint density at radius 3 is 0.993 bits per heavy atom. The summed E-state index contributed by atoms with van der Waals surface area (Å²) in [7, 11) is 0. The monoisotopic (exact) mass is 1780 g/mol. The highest BCUT2D eigenvalue weighted by Crippen LogP contribution is 2.56. The molecule has 648 valence electrons. The number of hydrogen-bond acceptors (Lipinski definition) is 8. The van der Waals surface area contributed by atoms with Gasteiger partial charge in [0.2, 0.25) is 0 Å². The Labute approximate surface area is 799 Å². The summed E-state index contributed by atoms with van der Waals surface area (Å²) < 4.78 is 9.26. The van der Waals surface area contributed by atoms with Crippen molar-refractivity contribution in [2.45, 2.75) is 51.4 Å². The SMILES string of the molecule is c1ccc2c(c1)Cc1cc3c(cc1-2)-c1ccc2c4cnccc4n4c5ccccc5nc4c2c1C3.c1ccc2c(c1)Cc1cc3c(cc1-2)Cc1cc2c(cc1-3)c1cnccc1n1c3ccccc3nc21.c1ccc2c(c1)Cc1ccc3c(c1-2)-c1ccc2c4cnccc4n4c5ccccc5nc4c2c1C3.c1ccc2c(c1)Cc1ccc3c(c1-2)Cc1cc2c(cc1-3)c1cnccc1n1c3ccccc3nc21. The van der Waals surface area contributed by atoms with Crippen LogP contribution < -0.4 is 0 Å². The Morgan fingerprint density at radius 1 is 0.164 bits per heavy atom. The lowest BCUT2D eigenvalue weighted by Gasteiger charge is -2.13. The molecule has 0 bridgehead atoms. The molecule has 12 heterocycles.